The number of nitrogens with one attached hydrogen (secondary N) is 2. The molecule has 0 radical (unpaired) electrons. The lowest BCUT2D eigenvalue weighted by molar-refractivity contribution is -0.115. The maximum atomic E-state index is 12.5. The third kappa shape index (κ3) is 3.30. The number of amides is 1. The number of hydrogen-bond acceptors (Lipinski definition) is 6. The molecule has 4 rings (SSSR count). The normalized spacial score (nSPS) is 15.2. The Morgan fingerprint density at radius 2 is 2.19 bits per heavy atom. The molecule has 1 aromatic carbocycles. The Bertz CT molecular complexity index is 1080. The highest BCUT2D eigenvalue weighted by atomic mass is 16.5. The average Bonchev–Trinajstić information content (AvgIpc) is 3.09. The van der Waals surface area contributed by atoms with Gasteiger partial charge in [-0.3, -0.25) is 10.1 Å². The fourth-order valence-corrected chi connectivity index (χ4v) is 3.34. The topological polar surface area (TPSA) is 110 Å². The molecule has 2 N–H and O–H groups in total. The highest BCUT2D eigenvalue weighted by Gasteiger charge is 2.27. The molecule has 0 fully saturated rings. The van der Waals surface area contributed by atoms with Crippen molar-refractivity contribution in [3.05, 3.63) is 45.6 Å². The van der Waals surface area contributed by atoms with Crippen LogP contribution in [0.1, 0.15) is 37.0 Å². The van der Waals surface area contributed by atoms with Gasteiger partial charge in [-0.2, -0.15) is 10.1 Å². The van der Waals surface area contributed by atoms with Crippen molar-refractivity contribution in [2.24, 2.45) is 0 Å². The summed E-state index contributed by atoms with van der Waals surface area (Å²) in [5.41, 5.74) is 1.85. The van der Waals surface area contributed by atoms with Gasteiger partial charge in [0.05, 0.1) is 12.0 Å². The van der Waals surface area contributed by atoms with Gasteiger partial charge in [0, 0.05) is 11.5 Å². The molecule has 2 aromatic heterocycles. The van der Waals surface area contributed by atoms with Gasteiger partial charge in [0.25, 0.3) is 0 Å². The zero-order valence-electron chi connectivity index (χ0n) is 15.4. The van der Waals surface area contributed by atoms with Gasteiger partial charge >= 0.3 is 5.63 Å². The van der Waals surface area contributed by atoms with E-state index in [-0.39, 0.29) is 23.9 Å². The second-order valence-electron chi connectivity index (χ2n) is 7.37. The quantitative estimate of drug-likeness (QED) is 0.687. The first-order valence-electron chi connectivity index (χ1n) is 8.76. The number of carbonyl (C=O) groups is 1. The van der Waals surface area contributed by atoms with E-state index in [0.29, 0.717) is 11.1 Å². The Balaban J connectivity index is 1.70. The number of rotatable bonds is 3. The van der Waals surface area contributed by atoms with Crippen LogP contribution in [0.15, 0.2) is 27.7 Å². The van der Waals surface area contributed by atoms with Crippen molar-refractivity contribution < 1.29 is 13.9 Å². The van der Waals surface area contributed by atoms with Crippen LogP contribution in [0, 0.1) is 6.92 Å². The molecule has 0 saturated heterocycles. The maximum absolute atomic E-state index is 12.5. The molecule has 3 heterocycles. The fraction of sp³-hybridized carbons (Fsp3) is 0.368. The van der Waals surface area contributed by atoms with Gasteiger partial charge in [0.2, 0.25) is 11.9 Å². The maximum Gasteiger partial charge on any atom is 0.340 e. The van der Waals surface area contributed by atoms with E-state index in [1.807, 2.05) is 26.8 Å². The van der Waals surface area contributed by atoms with Gasteiger partial charge in [-0.25, -0.2) is 9.89 Å². The van der Waals surface area contributed by atoms with E-state index in [9.17, 15) is 9.59 Å². The molecule has 0 spiro atoms. The second-order valence-corrected chi connectivity index (χ2v) is 7.37. The van der Waals surface area contributed by atoms with Crippen LogP contribution in [-0.2, 0) is 17.6 Å². The highest BCUT2D eigenvalue weighted by molar-refractivity contribution is 5.92. The molecule has 1 aliphatic rings. The zero-order valence-corrected chi connectivity index (χ0v) is 15.4. The lowest BCUT2D eigenvalue weighted by Crippen LogP contribution is -2.32. The van der Waals surface area contributed by atoms with Crippen molar-refractivity contribution in [1.29, 1.82) is 0 Å². The Hall–Kier alpha value is -3.16. The minimum absolute atomic E-state index is 0.106. The van der Waals surface area contributed by atoms with Crippen molar-refractivity contribution in [2.75, 3.05) is 5.32 Å². The van der Waals surface area contributed by atoms with Crippen LogP contribution >= 0.6 is 0 Å². The van der Waals surface area contributed by atoms with Crippen molar-refractivity contribution in [1.82, 2.24) is 15.2 Å². The van der Waals surface area contributed by atoms with E-state index >= 15 is 0 Å². The van der Waals surface area contributed by atoms with Gasteiger partial charge in [0.1, 0.15) is 23.3 Å². The van der Waals surface area contributed by atoms with Crippen LogP contribution in [-0.4, -0.2) is 26.7 Å². The number of nitrogens with zero attached hydrogens (tertiary/aromatic N) is 2. The number of hydrogen-bond donors (Lipinski definition) is 2. The van der Waals surface area contributed by atoms with Crippen molar-refractivity contribution in [3.63, 3.8) is 0 Å². The summed E-state index contributed by atoms with van der Waals surface area (Å²) in [6, 6.07) is 3.77. The summed E-state index contributed by atoms with van der Waals surface area (Å²) in [4.78, 5) is 28.5. The monoisotopic (exact) mass is 368 g/mol. The van der Waals surface area contributed by atoms with Crippen LogP contribution in [0.2, 0.25) is 0 Å². The molecule has 0 atom stereocenters. The number of aromatic nitrogens is 3. The molecule has 8 nitrogen and oxygen atoms in total. The van der Waals surface area contributed by atoms with Crippen molar-refractivity contribution in [2.45, 2.75) is 45.6 Å². The standard InChI is InChI=1S/C19H20N4O4/c1-10-12-6-11-4-5-19(2,3)27-14(11)8-15(12)26-17(25)13(10)7-16(24)22-18-20-9-21-23-18/h6,8-9H,4-5,7H2,1-3H3,(H2,20,21,22,23,24). The first-order valence-corrected chi connectivity index (χ1v) is 8.76. The molecular weight excluding hydrogens is 348 g/mol. The summed E-state index contributed by atoms with van der Waals surface area (Å²) < 4.78 is 11.5. The minimum Gasteiger partial charge on any atom is -0.487 e. The van der Waals surface area contributed by atoms with Crippen molar-refractivity contribution in [3.8, 4) is 5.75 Å². The number of fused-ring (bicyclic) bond motifs is 2. The van der Waals surface area contributed by atoms with E-state index in [1.165, 1.54) is 6.33 Å². The molecule has 0 unspecified atom stereocenters. The molecular formula is C19H20N4O4. The molecule has 3 aromatic rings. The lowest BCUT2D eigenvalue weighted by atomic mass is 9.92. The van der Waals surface area contributed by atoms with Crippen LogP contribution in [0.25, 0.3) is 11.0 Å². The number of aromatic amines is 1. The first kappa shape index (κ1) is 17.3. The highest BCUT2D eigenvalue weighted by Crippen LogP contribution is 2.36. The molecule has 140 valence electrons. The summed E-state index contributed by atoms with van der Waals surface area (Å²) in [5.74, 6) is 0.610. The summed E-state index contributed by atoms with van der Waals surface area (Å²) in [5, 5.41) is 9.59. The van der Waals surface area contributed by atoms with E-state index in [4.69, 9.17) is 9.15 Å². The van der Waals surface area contributed by atoms with Gasteiger partial charge in [-0.1, -0.05) is 0 Å². The van der Waals surface area contributed by atoms with E-state index in [0.717, 1.165) is 35.1 Å². The summed E-state index contributed by atoms with van der Waals surface area (Å²) in [7, 11) is 0. The van der Waals surface area contributed by atoms with Crippen molar-refractivity contribution >= 4 is 22.8 Å². The first-order chi connectivity index (χ1) is 12.8. The largest absolute Gasteiger partial charge is 0.487 e. The lowest BCUT2D eigenvalue weighted by Gasteiger charge is -2.32. The third-order valence-corrected chi connectivity index (χ3v) is 4.86. The van der Waals surface area contributed by atoms with Crippen LogP contribution in [0.4, 0.5) is 5.95 Å². The molecule has 0 bridgehead atoms. The van der Waals surface area contributed by atoms with Gasteiger partial charge in [-0.05, 0) is 50.8 Å². The number of aryl methyl sites for hydroxylation is 2. The molecule has 0 aliphatic carbocycles. The van der Waals surface area contributed by atoms with Crippen LogP contribution < -0.4 is 15.7 Å². The van der Waals surface area contributed by atoms with E-state index in [1.54, 1.807) is 6.07 Å². The third-order valence-electron chi connectivity index (χ3n) is 4.86. The Kier molecular flexibility index (Phi) is 3.98. The molecule has 27 heavy (non-hydrogen) atoms. The average molecular weight is 368 g/mol. The number of H-pyrrole nitrogens is 1. The summed E-state index contributed by atoms with van der Waals surface area (Å²) >= 11 is 0. The number of carbonyl (C=O) groups excluding carboxylic acids is 1. The molecule has 1 amide bonds. The van der Waals surface area contributed by atoms with Crippen LogP contribution in [0.3, 0.4) is 0 Å². The molecule has 8 heteroatoms. The van der Waals surface area contributed by atoms with E-state index < -0.39 is 5.63 Å². The Morgan fingerprint density at radius 3 is 2.93 bits per heavy atom. The predicted molar refractivity (Wildman–Crippen MR) is 99.0 cm³/mol. The summed E-state index contributed by atoms with van der Waals surface area (Å²) in [6.07, 6.45) is 2.98. The van der Waals surface area contributed by atoms with Gasteiger partial charge in [-0.15, -0.1) is 0 Å². The predicted octanol–water partition coefficient (Wildman–Crippen LogP) is 2.50. The zero-order chi connectivity index (χ0) is 19.2. The van der Waals surface area contributed by atoms with Gasteiger partial charge < -0.3 is 9.15 Å². The number of ether oxygens (including phenoxy) is 1. The minimum atomic E-state index is -0.525. The smallest absolute Gasteiger partial charge is 0.340 e. The number of anilines is 1. The fourth-order valence-electron chi connectivity index (χ4n) is 3.34. The molecule has 0 saturated carbocycles. The summed E-state index contributed by atoms with van der Waals surface area (Å²) in [6.45, 7) is 5.91. The SMILES string of the molecule is Cc1c(CC(=O)Nc2ncn[nH]2)c(=O)oc2cc3c(cc12)CCC(C)(C)O3. The van der Waals surface area contributed by atoms with Gasteiger partial charge in [0.15, 0.2) is 0 Å². The second kappa shape index (κ2) is 6.22. The van der Waals surface area contributed by atoms with E-state index in [2.05, 4.69) is 20.5 Å². The molecule has 1 aliphatic heterocycles. The Morgan fingerprint density at radius 1 is 1.37 bits per heavy atom. The Labute approximate surface area is 154 Å². The number of benzene rings is 1. The van der Waals surface area contributed by atoms with Crippen LogP contribution in [0.5, 0.6) is 5.75 Å².